The smallest absolute Gasteiger partial charge is 0.317 e. The van der Waals surface area contributed by atoms with Crippen LogP contribution in [0.3, 0.4) is 0 Å². The van der Waals surface area contributed by atoms with E-state index < -0.39 is 5.41 Å². The van der Waals surface area contributed by atoms with Crippen LogP contribution in [-0.4, -0.2) is 67.7 Å². The molecule has 0 radical (unpaired) electrons. The van der Waals surface area contributed by atoms with E-state index in [1.54, 1.807) is 0 Å². The number of rotatable bonds is 4. The summed E-state index contributed by atoms with van der Waals surface area (Å²) in [5.41, 5.74) is -0.0655. The number of hydrogen-bond donors (Lipinski definition) is 1. The fourth-order valence-corrected chi connectivity index (χ4v) is 3.83. The molecule has 3 saturated heterocycles. The summed E-state index contributed by atoms with van der Waals surface area (Å²) in [5.74, 6) is -0.345. The van der Waals surface area contributed by atoms with Crippen molar-refractivity contribution in [3.8, 4) is 0 Å². The summed E-state index contributed by atoms with van der Waals surface area (Å²) >= 11 is 0. The lowest BCUT2D eigenvalue weighted by Crippen LogP contribution is -2.51. The maximum atomic E-state index is 12.8. The van der Waals surface area contributed by atoms with E-state index in [0.717, 1.165) is 44.6 Å². The van der Waals surface area contributed by atoms with E-state index in [9.17, 15) is 9.59 Å². The number of carbonyl (C=O) groups is 2. The molecule has 3 heterocycles. The second kappa shape index (κ2) is 7.44. The van der Waals surface area contributed by atoms with Gasteiger partial charge in [-0.05, 0) is 25.3 Å². The number of hydrogen-bond acceptors (Lipinski definition) is 4. The van der Waals surface area contributed by atoms with Crippen molar-refractivity contribution in [2.45, 2.75) is 31.2 Å². The summed E-state index contributed by atoms with van der Waals surface area (Å²) in [5, 5.41) is 2.98. The van der Waals surface area contributed by atoms with Crippen molar-refractivity contribution in [1.29, 1.82) is 0 Å². The molecule has 0 unspecified atom stereocenters. The Hall–Kier alpha value is -2.08. The highest BCUT2D eigenvalue weighted by Gasteiger charge is 2.38. The zero-order valence-electron chi connectivity index (χ0n) is 15.0. The Morgan fingerprint density at radius 2 is 1.84 bits per heavy atom. The van der Waals surface area contributed by atoms with Gasteiger partial charge in [-0.25, -0.2) is 4.79 Å². The van der Waals surface area contributed by atoms with Gasteiger partial charge in [0.25, 0.3) is 0 Å². The second-order valence-electron chi connectivity index (χ2n) is 7.11. The van der Waals surface area contributed by atoms with E-state index in [4.69, 9.17) is 4.74 Å². The highest BCUT2D eigenvalue weighted by atomic mass is 16.5. The zero-order chi connectivity index (χ0) is 17.9. The normalized spacial score (nSPS) is 25.0. The quantitative estimate of drug-likeness (QED) is 0.842. The van der Waals surface area contributed by atoms with Crippen molar-refractivity contribution < 1.29 is 14.3 Å². The number of nitrogens with zero attached hydrogens (tertiary/aromatic N) is 2. The van der Waals surface area contributed by atoms with Gasteiger partial charge in [0.05, 0.1) is 7.11 Å². The Bertz CT molecular complexity index is 614. The molecule has 6 heteroatoms. The lowest BCUT2D eigenvalue weighted by Gasteiger charge is -2.33. The van der Waals surface area contributed by atoms with Crippen LogP contribution in [0.25, 0.3) is 0 Å². The molecule has 1 N–H and O–H groups in total. The Labute approximate surface area is 149 Å². The van der Waals surface area contributed by atoms with Gasteiger partial charge >= 0.3 is 12.0 Å². The molecule has 2 bridgehead atoms. The van der Waals surface area contributed by atoms with Gasteiger partial charge in [-0.3, -0.25) is 4.79 Å². The van der Waals surface area contributed by atoms with E-state index in [2.05, 4.69) is 10.2 Å². The number of fused-ring (bicyclic) bond motifs is 4. The predicted molar refractivity (Wildman–Crippen MR) is 95.4 cm³/mol. The van der Waals surface area contributed by atoms with Gasteiger partial charge in [0, 0.05) is 38.8 Å². The fraction of sp³-hybridized carbons (Fsp3) is 0.579. The molecule has 1 aromatic carbocycles. The molecule has 0 aliphatic carbocycles. The summed E-state index contributed by atoms with van der Waals surface area (Å²) < 4.78 is 5.01. The maximum absolute atomic E-state index is 12.8. The van der Waals surface area contributed by atoms with Crippen molar-refractivity contribution in [2.24, 2.45) is 0 Å². The molecule has 3 fully saturated rings. The average molecular weight is 345 g/mol. The number of amides is 2. The van der Waals surface area contributed by atoms with Crippen LogP contribution in [0.2, 0.25) is 0 Å². The SMILES string of the molecule is COC(=O)[C@@](C)(CNC(=O)N1CCN2CCC1CC2)c1ccccc1. The Kier molecular flexibility index (Phi) is 5.27. The van der Waals surface area contributed by atoms with Gasteiger partial charge in [-0.15, -0.1) is 0 Å². The number of benzene rings is 1. The summed E-state index contributed by atoms with van der Waals surface area (Å²) in [6, 6.07) is 9.69. The third-order valence-electron chi connectivity index (χ3n) is 5.56. The van der Waals surface area contributed by atoms with Crippen LogP contribution in [0.4, 0.5) is 4.79 Å². The summed E-state index contributed by atoms with van der Waals surface area (Å²) in [4.78, 5) is 29.5. The van der Waals surface area contributed by atoms with E-state index in [0.29, 0.717) is 6.04 Å². The molecule has 0 aromatic heterocycles. The molecule has 3 aliphatic rings. The highest BCUT2D eigenvalue weighted by Crippen LogP contribution is 2.25. The first-order chi connectivity index (χ1) is 12.0. The van der Waals surface area contributed by atoms with Gasteiger partial charge < -0.3 is 19.9 Å². The largest absolute Gasteiger partial charge is 0.468 e. The molecule has 0 saturated carbocycles. The van der Waals surface area contributed by atoms with E-state index in [1.165, 1.54) is 7.11 Å². The third-order valence-corrected chi connectivity index (χ3v) is 5.56. The van der Waals surface area contributed by atoms with E-state index in [-0.39, 0.29) is 18.5 Å². The van der Waals surface area contributed by atoms with Crippen molar-refractivity contribution in [3.63, 3.8) is 0 Å². The number of urea groups is 1. The van der Waals surface area contributed by atoms with Crippen LogP contribution in [0.5, 0.6) is 0 Å². The Morgan fingerprint density at radius 3 is 2.48 bits per heavy atom. The first kappa shape index (κ1) is 17.7. The van der Waals surface area contributed by atoms with Crippen LogP contribution < -0.4 is 5.32 Å². The zero-order valence-corrected chi connectivity index (χ0v) is 15.0. The van der Waals surface area contributed by atoms with E-state index in [1.807, 2.05) is 42.2 Å². The van der Waals surface area contributed by atoms with Gasteiger partial charge in [-0.2, -0.15) is 0 Å². The maximum Gasteiger partial charge on any atom is 0.317 e. The topological polar surface area (TPSA) is 61.9 Å². The monoisotopic (exact) mass is 345 g/mol. The number of ether oxygens (including phenoxy) is 1. The van der Waals surface area contributed by atoms with Crippen molar-refractivity contribution in [1.82, 2.24) is 15.1 Å². The molecular weight excluding hydrogens is 318 g/mol. The first-order valence-corrected chi connectivity index (χ1v) is 8.95. The predicted octanol–water partition coefficient (Wildman–Crippen LogP) is 1.61. The van der Waals surface area contributed by atoms with Gasteiger partial charge in [0.15, 0.2) is 0 Å². The molecule has 0 spiro atoms. The van der Waals surface area contributed by atoms with Crippen molar-refractivity contribution in [2.75, 3.05) is 39.8 Å². The van der Waals surface area contributed by atoms with Crippen LogP contribution in [0.15, 0.2) is 30.3 Å². The van der Waals surface area contributed by atoms with Gasteiger partial charge in [0.1, 0.15) is 5.41 Å². The Balaban J connectivity index is 1.70. The number of esters is 1. The van der Waals surface area contributed by atoms with E-state index >= 15 is 0 Å². The number of nitrogens with one attached hydrogen (secondary N) is 1. The van der Waals surface area contributed by atoms with Crippen LogP contribution in [0.1, 0.15) is 25.3 Å². The lowest BCUT2D eigenvalue weighted by atomic mass is 9.82. The first-order valence-electron chi connectivity index (χ1n) is 8.95. The molecule has 1 atom stereocenters. The van der Waals surface area contributed by atoms with Crippen LogP contribution in [0, 0.1) is 0 Å². The molecule has 1 aromatic rings. The summed E-state index contributed by atoms with van der Waals surface area (Å²) in [7, 11) is 1.38. The second-order valence-corrected chi connectivity index (χ2v) is 7.11. The number of methoxy groups -OCH3 is 1. The summed E-state index contributed by atoms with van der Waals surface area (Å²) in [6.07, 6.45) is 2.06. The minimum atomic E-state index is -0.904. The van der Waals surface area contributed by atoms with Gasteiger partial charge in [0.2, 0.25) is 0 Å². The molecular formula is C19H27N3O3. The number of carbonyl (C=O) groups excluding carboxylic acids is 2. The lowest BCUT2D eigenvalue weighted by molar-refractivity contribution is -0.146. The Morgan fingerprint density at radius 1 is 1.16 bits per heavy atom. The summed E-state index contributed by atoms with van der Waals surface area (Å²) in [6.45, 7) is 5.84. The van der Waals surface area contributed by atoms with Crippen LogP contribution >= 0.6 is 0 Å². The molecule has 136 valence electrons. The minimum absolute atomic E-state index is 0.0835. The van der Waals surface area contributed by atoms with Gasteiger partial charge in [-0.1, -0.05) is 30.3 Å². The average Bonchev–Trinajstić information content (AvgIpc) is 2.99. The standard InChI is InChI=1S/C19H27N3O3/c1-19(17(23)25-2,15-6-4-3-5-7-15)14-20-18(24)22-13-12-21-10-8-16(22)9-11-21/h3-7,16H,8-14H2,1-2H3,(H,20,24)/t19-/m0/s1. The molecule has 3 aliphatic heterocycles. The third kappa shape index (κ3) is 3.63. The molecule has 4 rings (SSSR count). The fourth-order valence-electron chi connectivity index (χ4n) is 3.83. The van der Waals surface area contributed by atoms with Crippen molar-refractivity contribution in [3.05, 3.63) is 35.9 Å². The molecule has 2 amide bonds. The molecule has 6 nitrogen and oxygen atoms in total. The van der Waals surface area contributed by atoms with Crippen molar-refractivity contribution >= 4 is 12.0 Å². The molecule has 25 heavy (non-hydrogen) atoms. The number of piperidine rings is 1. The minimum Gasteiger partial charge on any atom is -0.468 e. The highest BCUT2D eigenvalue weighted by molar-refractivity contribution is 5.84. The van der Waals surface area contributed by atoms with Crippen LogP contribution in [-0.2, 0) is 14.9 Å².